The van der Waals surface area contributed by atoms with Gasteiger partial charge in [-0.25, -0.2) is 19.2 Å². The highest BCUT2D eigenvalue weighted by Crippen LogP contribution is 2.32. The summed E-state index contributed by atoms with van der Waals surface area (Å²) in [7, 11) is 3.04. The van der Waals surface area contributed by atoms with Gasteiger partial charge in [0.2, 0.25) is 5.76 Å². The predicted molar refractivity (Wildman–Crippen MR) is 151 cm³/mol. The largest absolute Gasteiger partial charge is 0.443 e. The molecule has 220 valence electrons. The first kappa shape index (κ1) is 28.7. The summed E-state index contributed by atoms with van der Waals surface area (Å²) in [6.07, 6.45) is 3.49. The van der Waals surface area contributed by atoms with E-state index in [9.17, 15) is 18.8 Å². The van der Waals surface area contributed by atoms with Gasteiger partial charge in [0.05, 0.1) is 17.8 Å². The molecule has 0 aliphatic heterocycles. The zero-order valence-electron chi connectivity index (χ0n) is 23.7. The van der Waals surface area contributed by atoms with Gasteiger partial charge in [-0.3, -0.25) is 19.1 Å². The molecule has 1 fully saturated rings. The van der Waals surface area contributed by atoms with E-state index in [0.717, 1.165) is 17.4 Å². The quantitative estimate of drug-likeness (QED) is 0.329. The standard InChI is InChI=1S/C28H30FN7O6/c1-28(2,3)41-27(39)35(4)18-14-20(31-17-9-7-13-36(26(17)38)24-15(29)8-6-12-30-24)33-22-21(18)34-42-23(22)25(37)32-16-10-11-19(16)40-5/h6-9,12-14,16,19H,10-11H2,1-5H3,(H,31,33)(H,32,37)/t16-,19-/m1/s1. The van der Waals surface area contributed by atoms with Crippen LogP contribution in [0.5, 0.6) is 0 Å². The monoisotopic (exact) mass is 579 g/mol. The van der Waals surface area contributed by atoms with Gasteiger partial charge in [-0.2, -0.15) is 0 Å². The Kier molecular flexibility index (Phi) is 7.65. The fourth-order valence-electron chi connectivity index (χ4n) is 4.40. The molecule has 1 saturated carbocycles. The number of halogens is 1. The van der Waals surface area contributed by atoms with Gasteiger partial charge in [-0.1, -0.05) is 5.16 Å². The van der Waals surface area contributed by atoms with Crippen LogP contribution in [0.3, 0.4) is 0 Å². The minimum absolute atomic E-state index is 0.0279. The maximum absolute atomic E-state index is 14.4. The molecule has 2 N–H and O–H groups in total. The number of methoxy groups -OCH3 is 1. The fourth-order valence-corrected chi connectivity index (χ4v) is 4.40. The van der Waals surface area contributed by atoms with E-state index in [4.69, 9.17) is 14.0 Å². The number of nitrogens with zero attached hydrogens (tertiary/aromatic N) is 5. The lowest BCUT2D eigenvalue weighted by Crippen LogP contribution is -2.51. The number of fused-ring (bicyclic) bond motifs is 1. The van der Waals surface area contributed by atoms with Crippen molar-refractivity contribution >= 4 is 40.2 Å². The van der Waals surface area contributed by atoms with Gasteiger partial charge >= 0.3 is 6.09 Å². The minimum atomic E-state index is -0.788. The Bertz CT molecular complexity index is 1710. The molecule has 4 aromatic heterocycles. The van der Waals surface area contributed by atoms with E-state index in [1.54, 1.807) is 27.9 Å². The normalized spacial score (nSPS) is 16.5. The number of rotatable bonds is 7. The second kappa shape index (κ2) is 11.2. The van der Waals surface area contributed by atoms with Crippen molar-refractivity contribution in [3.8, 4) is 5.82 Å². The van der Waals surface area contributed by atoms with Gasteiger partial charge in [-0.15, -0.1) is 0 Å². The number of pyridine rings is 3. The van der Waals surface area contributed by atoms with E-state index < -0.39 is 29.0 Å². The SMILES string of the molecule is CO[C@@H]1CC[C@H]1NC(=O)c1onc2c(N(C)C(=O)OC(C)(C)C)cc(Nc3cccn(-c4ncccc4F)c3=O)nc12. The summed E-state index contributed by atoms with van der Waals surface area (Å²) in [6, 6.07) is 6.88. The van der Waals surface area contributed by atoms with Crippen molar-refractivity contribution in [1.29, 1.82) is 0 Å². The maximum atomic E-state index is 14.4. The minimum Gasteiger partial charge on any atom is -0.443 e. The highest BCUT2D eigenvalue weighted by Gasteiger charge is 2.34. The van der Waals surface area contributed by atoms with Crippen LogP contribution in [-0.4, -0.2) is 63.6 Å². The van der Waals surface area contributed by atoms with Crippen LogP contribution < -0.4 is 21.1 Å². The molecular formula is C28H30FN7O6. The summed E-state index contributed by atoms with van der Waals surface area (Å²) in [5.74, 6) is -1.52. The maximum Gasteiger partial charge on any atom is 0.414 e. The number of hydrogen-bond acceptors (Lipinski definition) is 10. The van der Waals surface area contributed by atoms with E-state index in [1.807, 2.05) is 0 Å². The molecule has 14 heteroatoms. The number of nitrogens with one attached hydrogen (secondary N) is 2. The Hall–Kier alpha value is -4.85. The van der Waals surface area contributed by atoms with Crippen molar-refractivity contribution in [2.45, 2.75) is 51.4 Å². The number of hydrogen-bond donors (Lipinski definition) is 2. The molecule has 0 radical (unpaired) electrons. The van der Waals surface area contributed by atoms with E-state index in [2.05, 4.69) is 25.8 Å². The second-order valence-corrected chi connectivity index (χ2v) is 10.7. The first-order chi connectivity index (χ1) is 20.0. The number of aromatic nitrogens is 4. The molecular weight excluding hydrogens is 549 g/mol. The molecule has 42 heavy (non-hydrogen) atoms. The number of amides is 2. The summed E-state index contributed by atoms with van der Waals surface area (Å²) in [5, 5.41) is 9.82. The van der Waals surface area contributed by atoms with Gasteiger partial charge in [0.1, 0.15) is 22.6 Å². The molecule has 13 nitrogen and oxygen atoms in total. The molecule has 0 aromatic carbocycles. The van der Waals surface area contributed by atoms with Crippen LogP contribution in [0.15, 0.2) is 52.0 Å². The molecule has 0 spiro atoms. The average molecular weight is 580 g/mol. The number of ether oxygens (including phenoxy) is 2. The van der Waals surface area contributed by atoms with Crippen molar-refractivity contribution < 1.29 is 28.0 Å². The molecule has 0 unspecified atom stereocenters. The predicted octanol–water partition coefficient (Wildman–Crippen LogP) is 3.93. The van der Waals surface area contributed by atoms with E-state index in [1.165, 1.54) is 54.7 Å². The van der Waals surface area contributed by atoms with Crippen molar-refractivity contribution in [3.05, 3.63) is 64.7 Å². The number of carbonyl (C=O) groups is 2. The summed E-state index contributed by atoms with van der Waals surface area (Å²) < 4.78 is 31.7. The van der Waals surface area contributed by atoms with Crippen LogP contribution in [0.1, 0.15) is 44.2 Å². The second-order valence-electron chi connectivity index (χ2n) is 10.7. The fraction of sp³-hybridized carbons (Fsp3) is 0.357. The third kappa shape index (κ3) is 5.65. The van der Waals surface area contributed by atoms with Crippen LogP contribution in [0, 0.1) is 5.82 Å². The van der Waals surface area contributed by atoms with Crippen molar-refractivity contribution in [2.24, 2.45) is 0 Å². The van der Waals surface area contributed by atoms with Gasteiger partial charge in [0, 0.05) is 32.6 Å². The highest BCUT2D eigenvalue weighted by atomic mass is 19.1. The van der Waals surface area contributed by atoms with Gasteiger partial charge < -0.3 is 24.6 Å². The van der Waals surface area contributed by atoms with Crippen LogP contribution in [0.4, 0.5) is 26.4 Å². The van der Waals surface area contributed by atoms with E-state index in [0.29, 0.717) is 0 Å². The average Bonchev–Trinajstić information content (AvgIpc) is 3.35. The first-order valence-corrected chi connectivity index (χ1v) is 13.2. The van der Waals surface area contributed by atoms with Gasteiger partial charge in [0.25, 0.3) is 11.5 Å². The summed E-state index contributed by atoms with van der Waals surface area (Å²) in [6.45, 7) is 5.18. The number of anilines is 3. The summed E-state index contributed by atoms with van der Waals surface area (Å²) in [5.41, 5.74) is -1.01. The van der Waals surface area contributed by atoms with Crippen LogP contribution in [-0.2, 0) is 9.47 Å². The summed E-state index contributed by atoms with van der Waals surface area (Å²) in [4.78, 5) is 49.1. The molecule has 0 bridgehead atoms. The third-order valence-electron chi connectivity index (χ3n) is 6.66. The Balaban J connectivity index is 1.57. The molecule has 5 rings (SSSR count). The zero-order valence-corrected chi connectivity index (χ0v) is 23.7. The Morgan fingerprint density at radius 2 is 1.98 bits per heavy atom. The van der Waals surface area contributed by atoms with Crippen molar-refractivity contribution in [3.63, 3.8) is 0 Å². The molecule has 1 aliphatic carbocycles. The lowest BCUT2D eigenvalue weighted by Gasteiger charge is -2.35. The third-order valence-corrected chi connectivity index (χ3v) is 6.66. The lowest BCUT2D eigenvalue weighted by atomic mass is 9.89. The first-order valence-electron chi connectivity index (χ1n) is 13.2. The van der Waals surface area contributed by atoms with Crippen molar-refractivity contribution in [2.75, 3.05) is 24.4 Å². The zero-order chi connectivity index (χ0) is 30.2. The summed E-state index contributed by atoms with van der Waals surface area (Å²) >= 11 is 0. The molecule has 4 heterocycles. The molecule has 4 aromatic rings. The molecule has 0 saturated heterocycles. The molecule has 2 atom stereocenters. The van der Waals surface area contributed by atoms with E-state index >= 15 is 0 Å². The van der Waals surface area contributed by atoms with Gasteiger partial charge in [-0.05, 0) is 57.9 Å². The Morgan fingerprint density at radius 3 is 2.64 bits per heavy atom. The lowest BCUT2D eigenvalue weighted by molar-refractivity contribution is 0.00677. The topological polar surface area (TPSA) is 154 Å². The van der Waals surface area contributed by atoms with Crippen LogP contribution in [0.2, 0.25) is 0 Å². The van der Waals surface area contributed by atoms with Gasteiger partial charge in [0.15, 0.2) is 17.2 Å². The molecule has 1 aliphatic rings. The highest BCUT2D eigenvalue weighted by molar-refractivity contribution is 6.07. The smallest absolute Gasteiger partial charge is 0.414 e. The number of carbonyl (C=O) groups excluding carboxylic acids is 2. The van der Waals surface area contributed by atoms with Crippen LogP contribution in [0.25, 0.3) is 16.9 Å². The Labute approximate surface area is 239 Å². The Morgan fingerprint density at radius 1 is 1.19 bits per heavy atom. The molecule has 2 amide bonds. The van der Waals surface area contributed by atoms with Crippen LogP contribution >= 0.6 is 0 Å². The van der Waals surface area contributed by atoms with E-state index in [-0.39, 0.29) is 51.9 Å². The van der Waals surface area contributed by atoms with Crippen molar-refractivity contribution in [1.82, 2.24) is 25.0 Å².